The van der Waals surface area contributed by atoms with Crippen LogP contribution >= 0.6 is 17.0 Å². The number of nitrogens with zero attached hydrogens (tertiary/aromatic N) is 1. The van der Waals surface area contributed by atoms with E-state index in [0.29, 0.717) is 17.7 Å². The van der Waals surface area contributed by atoms with Crippen LogP contribution in [-0.4, -0.2) is 17.4 Å². The predicted molar refractivity (Wildman–Crippen MR) is 126 cm³/mol. The summed E-state index contributed by atoms with van der Waals surface area (Å²) in [6, 6.07) is 15.2. The predicted octanol–water partition coefficient (Wildman–Crippen LogP) is 8.24. The molecule has 0 heterocycles. The molecule has 0 saturated heterocycles. The molecule has 0 spiro atoms. The second-order valence-corrected chi connectivity index (χ2v) is 12.0. The number of rotatable bonds is 4. The molecule has 5 heteroatoms. The summed E-state index contributed by atoms with van der Waals surface area (Å²) in [7, 11) is 9.87. The maximum absolute atomic E-state index is 11.2. The Morgan fingerprint density at radius 2 is 1.43 bits per heavy atom. The van der Waals surface area contributed by atoms with Crippen LogP contribution in [0.5, 0.6) is 5.75 Å². The minimum atomic E-state index is -0.826. The van der Waals surface area contributed by atoms with Gasteiger partial charge in [-0.05, 0) is 48.3 Å². The summed E-state index contributed by atoms with van der Waals surface area (Å²) < 4.78 is 0. The van der Waals surface area contributed by atoms with Gasteiger partial charge in [0.05, 0.1) is 0 Å². The van der Waals surface area contributed by atoms with Crippen molar-refractivity contribution in [3.8, 4) is 16.9 Å². The Balaban J connectivity index is 0.000000806. The third-order valence-electron chi connectivity index (χ3n) is 6.37. The van der Waals surface area contributed by atoms with Crippen LogP contribution < -0.4 is 0 Å². The van der Waals surface area contributed by atoms with Crippen molar-refractivity contribution in [1.82, 2.24) is 0 Å². The van der Waals surface area contributed by atoms with Crippen molar-refractivity contribution in [2.24, 2.45) is 4.99 Å². The number of aliphatic imine (C=N–C) groups is 1. The quantitative estimate of drug-likeness (QED) is 0.402. The zero-order chi connectivity index (χ0) is 21.2. The molecule has 2 nitrogen and oxygen atoms in total. The van der Waals surface area contributed by atoms with Crippen LogP contribution in [0.25, 0.3) is 11.1 Å². The second kappa shape index (κ2) is 13.0. The third-order valence-corrected chi connectivity index (χ3v) is 6.37. The first-order chi connectivity index (χ1) is 14.7. The molecule has 2 aliphatic carbocycles. The monoisotopic (exact) mass is 521 g/mol. The molecule has 2 aromatic carbocycles. The van der Waals surface area contributed by atoms with Gasteiger partial charge in [-0.3, -0.25) is 4.99 Å². The standard InChI is InChI=1S/C25H31NO.2ClH.Zr/c27-25-23(20-12-6-2-7-13-20)17-16-22(19-10-4-1-5-11-19)24(25)18-26-21-14-8-3-9-15-21;;;/h1,4-5,10-11,16-18,20-21,27H,2-3,6-9,12-15H2;2*1H;/q;;;+2/p-2. The fourth-order valence-corrected chi connectivity index (χ4v) is 4.78. The first-order valence-corrected chi connectivity index (χ1v) is 17.5. The molecule has 0 radical (unpaired) electrons. The van der Waals surface area contributed by atoms with E-state index in [-0.39, 0.29) is 0 Å². The van der Waals surface area contributed by atoms with Crippen molar-refractivity contribution in [2.45, 2.75) is 76.2 Å². The Labute approximate surface area is 199 Å². The van der Waals surface area contributed by atoms with Gasteiger partial charge in [0.25, 0.3) is 0 Å². The molecule has 0 aliphatic heterocycles. The van der Waals surface area contributed by atoms with Crippen molar-refractivity contribution in [1.29, 1.82) is 0 Å². The Bertz CT molecular complexity index is 800. The third kappa shape index (κ3) is 6.68. The first kappa shape index (κ1) is 24.0. The first-order valence-electron chi connectivity index (χ1n) is 11.1. The average molecular weight is 524 g/mol. The summed E-state index contributed by atoms with van der Waals surface area (Å²) in [5, 5.41) is 11.2. The van der Waals surface area contributed by atoms with Crippen molar-refractivity contribution in [2.75, 3.05) is 0 Å². The normalized spacial score (nSPS) is 18.1. The van der Waals surface area contributed by atoms with Gasteiger partial charge in [-0.15, -0.1) is 0 Å². The molecule has 0 atom stereocenters. The summed E-state index contributed by atoms with van der Waals surface area (Å²) in [5.41, 5.74) is 4.27. The average Bonchev–Trinajstić information content (AvgIpc) is 2.80. The molecule has 4 rings (SSSR count). The van der Waals surface area contributed by atoms with E-state index < -0.39 is 20.8 Å². The molecule has 0 bridgehead atoms. The molecular formula is C25H31Cl2NOZr. The van der Waals surface area contributed by atoms with E-state index in [1.165, 1.54) is 64.2 Å². The molecule has 0 unspecified atom stereocenters. The minimum absolute atomic E-state index is 0.417. The Hall–Kier alpha value is -0.627. The van der Waals surface area contributed by atoms with E-state index in [2.05, 4.69) is 36.4 Å². The van der Waals surface area contributed by atoms with Gasteiger partial charge in [0.15, 0.2) is 0 Å². The van der Waals surface area contributed by atoms with E-state index in [1.807, 2.05) is 12.3 Å². The number of phenolic OH excluding ortho intramolecular Hbond substituents is 1. The Kier molecular flexibility index (Phi) is 10.4. The van der Waals surface area contributed by atoms with Crippen LogP contribution in [0.1, 0.15) is 81.3 Å². The fraction of sp³-hybridized carbons (Fsp3) is 0.480. The van der Waals surface area contributed by atoms with Crippen LogP contribution in [0.3, 0.4) is 0 Å². The molecule has 2 saturated carbocycles. The molecule has 2 fully saturated rings. The molecule has 2 aromatic rings. The number of hydrogen-bond acceptors (Lipinski definition) is 2. The molecule has 0 amide bonds. The number of hydrogen-bond donors (Lipinski definition) is 1. The summed E-state index contributed by atoms with van der Waals surface area (Å²) in [5.74, 6) is 0.952. The van der Waals surface area contributed by atoms with Crippen molar-refractivity contribution in [3.05, 3.63) is 53.6 Å². The van der Waals surface area contributed by atoms with Crippen molar-refractivity contribution in [3.63, 3.8) is 0 Å². The fourth-order valence-electron chi connectivity index (χ4n) is 4.78. The molecule has 160 valence electrons. The van der Waals surface area contributed by atoms with Gasteiger partial charge in [-0.1, -0.05) is 81.0 Å². The zero-order valence-corrected chi connectivity index (χ0v) is 21.5. The summed E-state index contributed by atoms with van der Waals surface area (Å²) in [6.07, 6.45) is 14.5. The van der Waals surface area contributed by atoms with Crippen LogP contribution in [0, 0.1) is 0 Å². The number of halogens is 2. The van der Waals surface area contributed by atoms with E-state index in [4.69, 9.17) is 22.0 Å². The van der Waals surface area contributed by atoms with Gasteiger partial charge in [-0.2, -0.15) is 0 Å². The van der Waals surface area contributed by atoms with Crippen LogP contribution in [0.15, 0.2) is 47.5 Å². The van der Waals surface area contributed by atoms with Gasteiger partial charge in [0.2, 0.25) is 0 Å². The summed E-state index contributed by atoms with van der Waals surface area (Å²) in [4.78, 5) is 4.90. The van der Waals surface area contributed by atoms with Gasteiger partial charge in [0, 0.05) is 17.8 Å². The maximum atomic E-state index is 11.2. The Morgan fingerprint density at radius 1 is 0.833 bits per heavy atom. The van der Waals surface area contributed by atoms with Gasteiger partial charge in [0.1, 0.15) is 5.75 Å². The summed E-state index contributed by atoms with van der Waals surface area (Å²) in [6.45, 7) is 0. The van der Waals surface area contributed by atoms with Gasteiger partial charge < -0.3 is 5.11 Å². The zero-order valence-electron chi connectivity index (χ0n) is 17.5. The van der Waals surface area contributed by atoms with E-state index in [9.17, 15) is 5.11 Å². The Morgan fingerprint density at radius 3 is 2.07 bits per heavy atom. The molecular weight excluding hydrogens is 492 g/mol. The van der Waals surface area contributed by atoms with E-state index >= 15 is 0 Å². The van der Waals surface area contributed by atoms with Gasteiger partial charge in [-0.25, -0.2) is 0 Å². The second-order valence-electron chi connectivity index (χ2n) is 8.31. The molecule has 2 aliphatic rings. The number of aromatic hydroxyl groups is 1. The van der Waals surface area contributed by atoms with E-state index in [0.717, 1.165) is 22.3 Å². The van der Waals surface area contributed by atoms with Crippen LogP contribution in [0.2, 0.25) is 0 Å². The van der Waals surface area contributed by atoms with E-state index in [1.54, 1.807) is 0 Å². The molecule has 30 heavy (non-hydrogen) atoms. The van der Waals surface area contributed by atoms with Crippen molar-refractivity contribution >= 4 is 23.2 Å². The van der Waals surface area contributed by atoms with Crippen LogP contribution in [0.4, 0.5) is 0 Å². The number of benzene rings is 2. The van der Waals surface area contributed by atoms with Gasteiger partial charge >= 0.3 is 37.9 Å². The summed E-state index contributed by atoms with van der Waals surface area (Å²) >= 11 is -0.826. The molecule has 1 N–H and O–H groups in total. The SMILES string of the molecule is Oc1c(C2CCCCC2)ccc(-c2ccccc2)c1C=NC1CCCCC1.[Cl][Zr][Cl]. The molecule has 0 aromatic heterocycles. The van der Waals surface area contributed by atoms with Crippen LogP contribution in [-0.2, 0) is 20.8 Å². The van der Waals surface area contributed by atoms with Crippen molar-refractivity contribution < 1.29 is 26.0 Å². The number of phenols is 1. The topological polar surface area (TPSA) is 32.6 Å².